The van der Waals surface area contributed by atoms with E-state index in [0.717, 1.165) is 34.2 Å². The molecule has 7 heteroatoms. The molecule has 0 amide bonds. The SMILES string of the molecule is CCc1ccc2c(CSc3nnc(Cc4ccc(OC)cc4)o3)cc(=O)oc2c1. The van der Waals surface area contributed by atoms with Crippen LogP contribution in [0.1, 0.15) is 29.5 Å². The molecule has 2 aromatic heterocycles. The third-order valence-corrected chi connectivity index (χ3v) is 5.48. The molecule has 148 valence electrons. The van der Waals surface area contributed by atoms with Crippen LogP contribution in [0.4, 0.5) is 0 Å². The molecule has 0 aliphatic rings. The number of hydrogen-bond acceptors (Lipinski definition) is 7. The Bertz CT molecular complexity index is 1180. The maximum absolute atomic E-state index is 11.9. The molecule has 0 N–H and O–H groups in total. The Kier molecular flexibility index (Phi) is 5.67. The van der Waals surface area contributed by atoms with Crippen LogP contribution in [0.3, 0.4) is 0 Å². The highest BCUT2D eigenvalue weighted by Gasteiger charge is 2.11. The molecule has 0 saturated heterocycles. The highest BCUT2D eigenvalue weighted by molar-refractivity contribution is 7.98. The Morgan fingerprint density at radius 2 is 1.79 bits per heavy atom. The lowest BCUT2D eigenvalue weighted by Gasteiger charge is -2.05. The van der Waals surface area contributed by atoms with Gasteiger partial charge in [-0.25, -0.2) is 4.79 Å². The second-order valence-corrected chi connectivity index (χ2v) is 7.48. The van der Waals surface area contributed by atoms with Gasteiger partial charge in [-0.05, 0) is 41.3 Å². The van der Waals surface area contributed by atoms with Gasteiger partial charge in [0.25, 0.3) is 5.22 Å². The minimum Gasteiger partial charge on any atom is -0.497 e. The zero-order valence-corrected chi connectivity index (χ0v) is 17.0. The quantitative estimate of drug-likeness (QED) is 0.326. The van der Waals surface area contributed by atoms with E-state index in [2.05, 4.69) is 23.2 Å². The molecule has 0 aliphatic carbocycles. The Balaban J connectivity index is 1.47. The number of ether oxygens (including phenoxy) is 1. The molecule has 0 bridgehead atoms. The fourth-order valence-corrected chi connectivity index (χ4v) is 3.81. The second kappa shape index (κ2) is 8.53. The summed E-state index contributed by atoms with van der Waals surface area (Å²) in [4.78, 5) is 11.9. The minimum atomic E-state index is -0.355. The van der Waals surface area contributed by atoms with Gasteiger partial charge in [0.05, 0.1) is 13.5 Å². The highest BCUT2D eigenvalue weighted by atomic mass is 32.2. The van der Waals surface area contributed by atoms with Crippen LogP contribution in [0.25, 0.3) is 11.0 Å². The number of rotatable bonds is 7. The van der Waals surface area contributed by atoms with Crippen LogP contribution >= 0.6 is 11.8 Å². The lowest BCUT2D eigenvalue weighted by atomic mass is 10.1. The predicted octanol–water partition coefficient (Wildman–Crippen LogP) is 4.63. The van der Waals surface area contributed by atoms with Crippen molar-refractivity contribution in [1.29, 1.82) is 0 Å². The molecule has 6 nitrogen and oxygen atoms in total. The van der Waals surface area contributed by atoms with Gasteiger partial charge in [0, 0.05) is 17.2 Å². The molecule has 0 spiro atoms. The first-order valence-corrected chi connectivity index (χ1v) is 10.3. The van der Waals surface area contributed by atoms with Gasteiger partial charge in [-0.3, -0.25) is 0 Å². The van der Waals surface area contributed by atoms with Crippen LogP contribution in [0.5, 0.6) is 5.75 Å². The molecule has 2 aromatic carbocycles. The fraction of sp³-hybridized carbons (Fsp3) is 0.227. The Morgan fingerprint density at radius 3 is 2.55 bits per heavy atom. The van der Waals surface area contributed by atoms with Crippen molar-refractivity contribution in [3.8, 4) is 5.75 Å². The van der Waals surface area contributed by atoms with Crippen LogP contribution in [-0.2, 0) is 18.6 Å². The van der Waals surface area contributed by atoms with Crippen molar-refractivity contribution in [2.45, 2.75) is 30.7 Å². The second-order valence-electron chi connectivity index (χ2n) is 6.55. The molecule has 0 radical (unpaired) electrons. The first-order valence-electron chi connectivity index (χ1n) is 9.28. The standard InChI is InChI=1S/C22H20N2O4S/c1-3-14-6-9-18-16(12-21(25)27-19(18)10-14)13-29-22-24-23-20(28-22)11-15-4-7-17(26-2)8-5-15/h4-10,12H,3,11,13H2,1-2H3. The first kappa shape index (κ1) is 19.3. The van der Waals surface area contributed by atoms with Gasteiger partial charge in [0.15, 0.2) is 0 Å². The maximum Gasteiger partial charge on any atom is 0.336 e. The summed E-state index contributed by atoms with van der Waals surface area (Å²) in [7, 11) is 1.64. The highest BCUT2D eigenvalue weighted by Crippen LogP contribution is 2.27. The van der Waals surface area contributed by atoms with Crippen molar-refractivity contribution >= 4 is 22.7 Å². The van der Waals surface area contributed by atoms with Crippen molar-refractivity contribution in [2.24, 2.45) is 0 Å². The molecule has 0 atom stereocenters. The first-order chi connectivity index (χ1) is 14.1. The summed E-state index contributed by atoms with van der Waals surface area (Å²) in [5.74, 6) is 1.89. The van der Waals surface area contributed by atoms with Crippen LogP contribution < -0.4 is 10.4 Å². The number of thioether (sulfide) groups is 1. The molecular weight excluding hydrogens is 388 g/mol. The van der Waals surface area contributed by atoms with Crippen LogP contribution in [0.2, 0.25) is 0 Å². The van der Waals surface area contributed by atoms with Gasteiger partial charge in [0.2, 0.25) is 5.89 Å². The molecule has 0 unspecified atom stereocenters. The van der Waals surface area contributed by atoms with Crippen molar-refractivity contribution < 1.29 is 13.6 Å². The van der Waals surface area contributed by atoms with Gasteiger partial charge in [0.1, 0.15) is 11.3 Å². The molecule has 0 aliphatic heterocycles. The normalized spacial score (nSPS) is 11.1. The van der Waals surface area contributed by atoms with Gasteiger partial charge in [-0.15, -0.1) is 10.2 Å². The summed E-state index contributed by atoms with van der Waals surface area (Å²) in [6, 6.07) is 15.2. The molecule has 0 fully saturated rings. The summed E-state index contributed by atoms with van der Waals surface area (Å²) >= 11 is 1.40. The van der Waals surface area contributed by atoms with Gasteiger partial charge < -0.3 is 13.6 Å². The van der Waals surface area contributed by atoms with Crippen molar-refractivity contribution in [3.63, 3.8) is 0 Å². The number of fused-ring (bicyclic) bond motifs is 1. The van der Waals surface area contributed by atoms with Gasteiger partial charge in [-0.1, -0.05) is 43.0 Å². The van der Waals surface area contributed by atoms with Crippen LogP contribution in [0, 0.1) is 0 Å². The third-order valence-electron chi connectivity index (χ3n) is 4.62. The lowest BCUT2D eigenvalue weighted by Crippen LogP contribution is -2.00. The van der Waals surface area contributed by atoms with Gasteiger partial charge >= 0.3 is 5.63 Å². The van der Waals surface area contributed by atoms with E-state index < -0.39 is 0 Å². The van der Waals surface area contributed by atoms with E-state index in [4.69, 9.17) is 13.6 Å². The monoisotopic (exact) mass is 408 g/mol. The van der Waals surface area contributed by atoms with E-state index in [-0.39, 0.29) is 5.63 Å². The Labute approximate surface area is 171 Å². The van der Waals surface area contributed by atoms with Gasteiger partial charge in [-0.2, -0.15) is 0 Å². The van der Waals surface area contributed by atoms with E-state index in [1.165, 1.54) is 17.8 Å². The summed E-state index contributed by atoms with van der Waals surface area (Å²) in [5, 5.41) is 9.63. The average molecular weight is 408 g/mol. The molecule has 4 rings (SSSR count). The summed E-state index contributed by atoms with van der Waals surface area (Å²) < 4.78 is 16.3. The summed E-state index contributed by atoms with van der Waals surface area (Å²) in [5.41, 5.74) is 3.33. The molecule has 29 heavy (non-hydrogen) atoms. The van der Waals surface area contributed by atoms with E-state index in [1.54, 1.807) is 7.11 Å². The fourth-order valence-electron chi connectivity index (χ4n) is 3.04. The Morgan fingerprint density at radius 1 is 1.00 bits per heavy atom. The molecule has 4 aromatic rings. The summed E-state index contributed by atoms with van der Waals surface area (Å²) in [6.45, 7) is 2.07. The number of benzene rings is 2. The van der Waals surface area contributed by atoms with Crippen molar-refractivity contribution in [2.75, 3.05) is 7.11 Å². The van der Waals surface area contributed by atoms with E-state index >= 15 is 0 Å². The number of aryl methyl sites for hydroxylation is 1. The van der Waals surface area contributed by atoms with E-state index in [0.29, 0.717) is 28.9 Å². The summed E-state index contributed by atoms with van der Waals surface area (Å²) in [6.07, 6.45) is 1.44. The zero-order chi connectivity index (χ0) is 20.2. The number of hydrogen-bond donors (Lipinski definition) is 0. The van der Waals surface area contributed by atoms with Crippen molar-refractivity contribution in [3.05, 3.63) is 81.5 Å². The number of methoxy groups -OCH3 is 1. The number of nitrogens with zero attached hydrogens (tertiary/aromatic N) is 2. The number of aromatic nitrogens is 2. The van der Waals surface area contributed by atoms with Crippen molar-refractivity contribution in [1.82, 2.24) is 10.2 Å². The van der Waals surface area contributed by atoms with Crippen LogP contribution in [0.15, 0.2) is 67.4 Å². The largest absolute Gasteiger partial charge is 0.497 e. The molecular formula is C22H20N2O4S. The third kappa shape index (κ3) is 4.51. The molecule has 2 heterocycles. The van der Waals surface area contributed by atoms with E-state index in [1.807, 2.05) is 36.4 Å². The smallest absolute Gasteiger partial charge is 0.336 e. The lowest BCUT2D eigenvalue weighted by molar-refractivity contribution is 0.413. The molecule has 0 saturated carbocycles. The minimum absolute atomic E-state index is 0.355. The maximum atomic E-state index is 11.9. The van der Waals surface area contributed by atoms with Crippen LogP contribution in [-0.4, -0.2) is 17.3 Å². The van der Waals surface area contributed by atoms with E-state index in [9.17, 15) is 4.79 Å². The average Bonchev–Trinajstić information content (AvgIpc) is 3.19. The zero-order valence-electron chi connectivity index (χ0n) is 16.2. The Hall–Kier alpha value is -3.06. The predicted molar refractivity (Wildman–Crippen MR) is 112 cm³/mol. The topological polar surface area (TPSA) is 78.4 Å².